The number of halogens is 1. The summed E-state index contributed by atoms with van der Waals surface area (Å²) >= 11 is 0. The van der Waals surface area contributed by atoms with Gasteiger partial charge in [-0.25, -0.2) is 21.9 Å². The van der Waals surface area contributed by atoms with Crippen molar-refractivity contribution in [3.63, 3.8) is 0 Å². The van der Waals surface area contributed by atoms with E-state index in [1.165, 1.54) is 24.3 Å². The number of anilines is 3. The summed E-state index contributed by atoms with van der Waals surface area (Å²) in [5, 5.41) is 12.3. The number of carbonyl (C=O) groups is 2. The van der Waals surface area contributed by atoms with Gasteiger partial charge < -0.3 is 10.4 Å². The molecule has 0 saturated heterocycles. The molecule has 35 heavy (non-hydrogen) atoms. The van der Waals surface area contributed by atoms with Gasteiger partial charge in [0.05, 0.1) is 16.9 Å². The monoisotopic (exact) mass is 490 g/mol. The Morgan fingerprint density at radius 1 is 0.800 bits per heavy atom. The number of rotatable bonds is 7. The standard InChI is InChI=1S/C26H19FN2O5S/c27-20-9-13-22(14-10-20)29(35(33)34)24-16-19(8-15-23(24)26(31)32)25(30)28-21-11-6-18(7-12-21)17-4-2-1-3-5-17/h1-16,35H,(H,28,30)(H,31,32). The van der Waals surface area contributed by atoms with Crippen LogP contribution in [-0.4, -0.2) is 25.4 Å². The first-order valence-electron chi connectivity index (χ1n) is 10.4. The van der Waals surface area contributed by atoms with Gasteiger partial charge in [-0.3, -0.25) is 4.79 Å². The average molecular weight is 491 g/mol. The molecule has 0 aromatic heterocycles. The Balaban J connectivity index is 1.65. The first-order chi connectivity index (χ1) is 16.8. The minimum Gasteiger partial charge on any atom is -0.478 e. The third-order valence-electron chi connectivity index (χ3n) is 5.20. The summed E-state index contributed by atoms with van der Waals surface area (Å²) in [7, 11) is -3.36. The van der Waals surface area contributed by atoms with E-state index in [9.17, 15) is 27.5 Å². The Hall–Kier alpha value is -4.50. The van der Waals surface area contributed by atoms with Crippen LogP contribution in [0.4, 0.5) is 21.5 Å². The molecule has 4 rings (SSSR count). The minimum absolute atomic E-state index is 0.0269. The van der Waals surface area contributed by atoms with E-state index in [1.54, 1.807) is 12.1 Å². The quantitative estimate of drug-likeness (QED) is 0.313. The molecule has 0 radical (unpaired) electrons. The van der Waals surface area contributed by atoms with E-state index in [0.29, 0.717) is 5.69 Å². The number of aromatic carboxylic acids is 1. The van der Waals surface area contributed by atoms with Crippen LogP contribution in [0.2, 0.25) is 0 Å². The van der Waals surface area contributed by atoms with Gasteiger partial charge >= 0.3 is 5.97 Å². The number of benzene rings is 4. The number of nitrogens with one attached hydrogen (secondary N) is 1. The Morgan fingerprint density at radius 2 is 1.43 bits per heavy atom. The zero-order valence-electron chi connectivity index (χ0n) is 18.1. The maximum absolute atomic E-state index is 13.3. The van der Waals surface area contributed by atoms with Crippen LogP contribution in [0.5, 0.6) is 0 Å². The van der Waals surface area contributed by atoms with Crippen molar-refractivity contribution in [3.8, 4) is 11.1 Å². The van der Waals surface area contributed by atoms with E-state index in [-0.39, 0.29) is 22.5 Å². The van der Waals surface area contributed by atoms with E-state index in [0.717, 1.165) is 33.6 Å². The lowest BCUT2D eigenvalue weighted by atomic mass is 10.1. The van der Waals surface area contributed by atoms with Gasteiger partial charge in [-0.05, 0) is 65.7 Å². The molecular weight excluding hydrogens is 471 g/mol. The molecule has 0 aliphatic rings. The van der Waals surface area contributed by atoms with Gasteiger partial charge in [0, 0.05) is 11.3 Å². The van der Waals surface area contributed by atoms with Crippen LogP contribution in [0, 0.1) is 5.82 Å². The molecule has 0 aliphatic heterocycles. The smallest absolute Gasteiger partial charge is 0.337 e. The number of amides is 1. The summed E-state index contributed by atoms with van der Waals surface area (Å²) in [6, 6.07) is 25.0. The summed E-state index contributed by atoms with van der Waals surface area (Å²) in [6.07, 6.45) is 0. The summed E-state index contributed by atoms with van der Waals surface area (Å²) < 4.78 is 38.2. The fourth-order valence-corrected chi connectivity index (χ4v) is 4.18. The molecule has 2 N–H and O–H groups in total. The number of carboxylic acid groups (broad SMARTS) is 1. The van der Waals surface area contributed by atoms with Crippen LogP contribution in [0.1, 0.15) is 20.7 Å². The lowest BCUT2D eigenvalue weighted by molar-refractivity contribution is 0.0697. The van der Waals surface area contributed by atoms with E-state index in [4.69, 9.17) is 0 Å². The maximum atomic E-state index is 13.3. The van der Waals surface area contributed by atoms with Gasteiger partial charge in [0.15, 0.2) is 0 Å². The third kappa shape index (κ3) is 5.36. The molecule has 1 amide bonds. The molecule has 0 aliphatic carbocycles. The molecule has 0 bridgehead atoms. The highest BCUT2D eigenvalue weighted by atomic mass is 32.2. The first kappa shape index (κ1) is 23.7. The second-order valence-corrected chi connectivity index (χ2v) is 8.34. The molecule has 176 valence electrons. The van der Waals surface area contributed by atoms with Crippen LogP contribution in [0.25, 0.3) is 11.1 Å². The molecule has 0 fully saturated rings. The van der Waals surface area contributed by atoms with Crippen molar-refractivity contribution in [2.24, 2.45) is 0 Å². The van der Waals surface area contributed by atoms with Crippen LogP contribution in [0.3, 0.4) is 0 Å². The van der Waals surface area contributed by atoms with Crippen LogP contribution >= 0.6 is 0 Å². The van der Waals surface area contributed by atoms with Gasteiger partial charge in [-0.1, -0.05) is 42.5 Å². The van der Waals surface area contributed by atoms with Gasteiger partial charge in [-0.15, -0.1) is 0 Å². The number of thiol groups is 1. The fourth-order valence-electron chi connectivity index (χ4n) is 3.51. The average Bonchev–Trinajstić information content (AvgIpc) is 2.86. The molecule has 4 aromatic rings. The number of nitrogens with zero attached hydrogens (tertiary/aromatic N) is 1. The van der Waals surface area contributed by atoms with Crippen LogP contribution in [0.15, 0.2) is 97.1 Å². The van der Waals surface area contributed by atoms with Gasteiger partial charge in [0.25, 0.3) is 5.91 Å². The SMILES string of the molecule is O=C(Nc1ccc(-c2ccccc2)cc1)c1ccc(C(=O)O)c(N(c2ccc(F)cc2)[SH](=O)=O)c1. The van der Waals surface area contributed by atoms with Gasteiger partial charge in [-0.2, -0.15) is 0 Å². The largest absolute Gasteiger partial charge is 0.478 e. The number of hydrogen-bond acceptors (Lipinski definition) is 4. The number of carboxylic acids is 1. The summed E-state index contributed by atoms with van der Waals surface area (Å²) in [6.45, 7) is 0. The molecule has 7 nitrogen and oxygen atoms in total. The molecule has 0 atom stereocenters. The Kier molecular flexibility index (Phi) is 6.88. The van der Waals surface area contributed by atoms with Crippen molar-refractivity contribution in [1.82, 2.24) is 0 Å². The predicted molar refractivity (Wildman–Crippen MR) is 132 cm³/mol. The Labute approximate surface area is 202 Å². The Bertz CT molecular complexity index is 1450. The summed E-state index contributed by atoms with van der Waals surface area (Å²) in [5.41, 5.74) is 1.98. The molecular formula is C26H19FN2O5S. The van der Waals surface area contributed by atoms with Crippen molar-refractivity contribution >= 4 is 39.8 Å². The Morgan fingerprint density at radius 3 is 2.03 bits per heavy atom. The van der Waals surface area contributed by atoms with Crippen molar-refractivity contribution in [3.05, 3.63) is 114 Å². The summed E-state index contributed by atoms with van der Waals surface area (Å²) in [5.74, 6) is -2.53. The fraction of sp³-hybridized carbons (Fsp3) is 0. The number of hydrogen-bond donors (Lipinski definition) is 3. The molecule has 0 heterocycles. The second kappa shape index (κ2) is 10.2. The second-order valence-electron chi connectivity index (χ2n) is 7.46. The highest BCUT2D eigenvalue weighted by molar-refractivity contribution is 7.74. The van der Waals surface area contributed by atoms with Gasteiger partial charge in [0.1, 0.15) is 5.82 Å². The van der Waals surface area contributed by atoms with Gasteiger partial charge in [0.2, 0.25) is 10.9 Å². The molecule has 4 aromatic carbocycles. The highest BCUT2D eigenvalue weighted by Gasteiger charge is 2.22. The van der Waals surface area contributed by atoms with Crippen LogP contribution < -0.4 is 9.62 Å². The summed E-state index contributed by atoms with van der Waals surface area (Å²) in [4.78, 5) is 24.7. The maximum Gasteiger partial charge on any atom is 0.337 e. The lowest BCUT2D eigenvalue weighted by Gasteiger charge is -2.20. The van der Waals surface area contributed by atoms with E-state index in [1.807, 2.05) is 42.5 Å². The molecule has 0 spiro atoms. The third-order valence-corrected chi connectivity index (χ3v) is 5.98. The van der Waals surface area contributed by atoms with Crippen molar-refractivity contribution in [2.75, 3.05) is 9.62 Å². The zero-order valence-corrected chi connectivity index (χ0v) is 19.0. The minimum atomic E-state index is -3.36. The molecule has 9 heteroatoms. The lowest BCUT2D eigenvalue weighted by Crippen LogP contribution is -2.20. The molecule has 0 unspecified atom stereocenters. The normalized spacial score (nSPS) is 10.7. The first-order valence-corrected chi connectivity index (χ1v) is 11.5. The van der Waals surface area contributed by atoms with Crippen molar-refractivity contribution in [1.29, 1.82) is 0 Å². The topological polar surface area (TPSA) is 104 Å². The van der Waals surface area contributed by atoms with Crippen LogP contribution in [-0.2, 0) is 10.9 Å². The molecule has 0 saturated carbocycles. The predicted octanol–water partition coefficient (Wildman–Crippen LogP) is 5.11. The van der Waals surface area contributed by atoms with Crippen molar-refractivity contribution in [2.45, 2.75) is 0 Å². The van der Waals surface area contributed by atoms with E-state index < -0.39 is 28.6 Å². The zero-order chi connectivity index (χ0) is 24.9. The highest BCUT2D eigenvalue weighted by Crippen LogP contribution is 2.31. The number of carbonyl (C=O) groups excluding carboxylic acids is 1. The van der Waals surface area contributed by atoms with E-state index in [2.05, 4.69) is 5.32 Å². The van der Waals surface area contributed by atoms with Crippen molar-refractivity contribution < 1.29 is 27.5 Å². The van der Waals surface area contributed by atoms with E-state index >= 15 is 0 Å².